The van der Waals surface area contributed by atoms with Crippen molar-refractivity contribution >= 4 is 11.8 Å². The van der Waals surface area contributed by atoms with Crippen LogP contribution in [0.5, 0.6) is 11.5 Å². The number of hydrogen-bond acceptors (Lipinski definition) is 4. The van der Waals surface area contributed by atoms with Crippen molar-refractivity contribution in [3.05, 3.63) is 59.2 Å². The summed E-state index contributed by atoms with van der Waals surface area (Å²) in [4.78, 5) is 26.7. The highest BCUT2D eigenvalue weighted by molar-refractivity contribution is 5.96. The Morgan fingerprint density at radius 1 is 1.00 bits per heavy atom. The fraction of sp³-hybridized carbons (Fsp3) is 0.333. The van der Waals surface area contributed by atoms with Gasteiger partial charge in [-0.1, -0.05) is 12.1 Å². The molecular weight excluding hydrogens is 344 g/mol. The summed E-state index contributed by atoms with van der Waals surface area (Å²) in [5.74, 6) is 0.997. The molecule has 1 aliphatic carbocycles. The number of methoxy groups -OCH3 is 2. The van der Waals surface area contributed by atoms with Crippen LogP contribution in [-0.2, 0) is 6.54 Å². The fourth-order valence-electron chi connectivity index (χ4n) is 2.95. The minimum Gasteiger partial charge on any atom is -0.497 e. The molecule has 0 radical (unpaired) electrons. The van der Waals surface area contributed by atoms with E-state index >= 15 is 0 Å². The normalized spacial score (nSPS) is 13.0. The van der Waals surface area contributed by atoms with Gasteiger partial charge in [-0.3, -0.25) is 9.59 Å². The average molecular weight is 368 g/mol. The molecule has 1 saturated carbocycles. The van der Waals surface area contributed by atoms with Crippen molar-refractivity contribution in [2.75, 3.05) is 21.3 Å². The van der Waals surface area contributed by atoms with Gasteiger partial charge in [0, 0.05) is 36.8 Å². The van der Waals surface area contributed by atoms with Crippen molar-refractivity contribution in [1.82, 2.24) is 10.2 Å². The smallest absolute Gasteiger partial charge is 0.254 e. The monoisotopic (exact) mass is 368 g/mol. The van der Waals surface area contributed by atoms with Crippen molar-refractivity contribution in [2.24, 2.45) is 0 Å². The van der Waals surface area contributed by atoms with Gasteiger partial charge in [0.2, 0.25) is 0 Å². The number of nitrogens with one attached hydrogen (secondary N) is 1. The largest absolute Gasteiger partial charge is 0.497 e. The SMILES string of the molecule is CNC(=O)c1ccc(CN(C(=O)c2cc(OC)cc(OC)c2)C2CC2)cc1. The Hall–Kier alpha value is -3.02. The molecule has 2 amide bonds. The summed E-state index contributed by atoms with van der Waals surface area (Å²) >= 11 is 0. The second-order valence-electron chi connectivity index (χ2n) is 6.54. The summed E-state index contributed by atoms with van der Waals surface area (Å²) in [6.07, 6.45) is 2.01. The van der Waals surface area contributed by atoms with E-state index in [4.69, 9.17) is 9.47 Å². The summed E-state index contributed by atoms with van der Waals surface area (Å²) in [5.41, 5.74) is 2.13. The van der Waals surface area contributed by atoms with Gasteiger partial charge in [0.05, 0.1) is 14.2 Å². The highest BCUT2D eigenvalue weighted by atomic mass is 16.5. The van der Waals surface area contributed by atoms with Crippen LogP contribution in [0.1, 0.15) is 39.1 Å². The zero-order valence-electron chi connectivity index (χ0n) is 15.8. The maximum absolute atomic E-state index is 13.1. The van der Waals surface area contributed by atoms with E-state index in [-0.39, 0.29) is 17.9 Å². The topological polar surface area (TPSA) is 67.9 Å². The first-order chi connectivity index (χ1) is 13.0. The Morgan fingerprint density at radius 2 is 1.59 bits per heavy atom. The van der Waals surface area contributed by atoms with Gasteiger partial charge in [-0.25, -0.2) is 0 Å². The molecule has 1 N–H and O–H groups in total. The minimum absolute atomic E-state index is 0.0509. The molecule has 6 heteroatoms. The summed E-state index contributed by atoms with van der Waals surface area (Å²) in [6, 6.07) is 12.8. The molecule has 0 aromatic heterocycles. The van der Waals surface area contributed by atoms with Crippen LogP contribution in [0.3, 0.4) is 0 Å². The molecule has 0 heterocycles. The van der Waals surface area contributed by atoms with E-state index in [1.807, 2.05) is 17.0 Å². The Labute approximate surface area is 159 Å². The van der Waals surface area contributed by atoms with E-state index in [1.54, 1.807) is 51.6 Å². The Kier molecular flexibility index (Phi) is 5.64. The predicted molar refractivity (Wildman–Crippen MR) is 102 cm³/mol. The molecule has 2 aromatic carbocycles. The molecule has 1 fully saturated rings. The molecule has 142 valence electrons. The van der Waals surface area contributed by atoms with Crippen molar-refractivity contribution < 1.29 is 19.1 Å². The Morgan fingerprint density at radius 3 is 2.07 bits per heavy atom. The summed E-state index contributed by atoms with van der Waals surface area (Å²) < 4.78 is 10.6. The van der Waals surface area contributed by atoms with Crippen molar-refractivity contribution in [2.45, 2.75) is 25.4 Å². The number of amides is 2. The summed E-state index contributed by atoms with van der Waals surface area (Å²) in [6.45, 7) is 0.497. The molecule has 0 bridgehead atoms. The van der Waals surface area contributed by atoms with Crippen LogP contribution in [0.15, 0.2) is 42.5 Å². The van der Waals surface area contributed by atoms with Gasteiger partial charge in [0.1, 0.15) is 11.5 Å². The van der Waals surface area contributed by atoms with E-state index in [9.17, 15) is 9.59 Å². The van der Waals surface area contributed by atoms with Gasteiger partial charge in [0.15, 0.2) is 0 Å². The lowest BCUT2D eigenvalue weighted by Crippen LogP contribution is -2.32. The highest BCUT2D eigenvalue weighted by Crippen LogP contribution is 2.31. The molecule has 6 nitrogen and oxygen atoms in total. The highest BCUT2D eigenvalue weighted by Gasteiger charge is 2.33. The maximum Gasteiger partial charge on any atom is 0.254 e. The van der Waals surface area contributed by atoms with Gasteiger partial charge in [-0.05, 0) is 42.7 Å². The third-order valence-corrected chi connectivity index (χ3v) is 4.64. The molecule has 3 rings (SSSR count). The number of ether oxygens (including phenoxy) is 2. The van der Waals surface area contributed by atoms with E-state index < -0.39 is 0 Å². The standard InChI is InChI=1S/C21H24N2O4/c1-22-20(24)15-6-4-14(5-7-15)13-23(17-8-9-17)21(25)16-10-18(26-2)12-19(11-16)27-3/h4-7,10-12,17H,8-9,13H2,1-3H3,(H,22,24). The lowest BCUT2D eigenvalue weighted by atomic mass is 10.1. The van der Waals surface area contributed by atoms with Crippen molar-refractivity contribution in [3.63, 3.8) is 0 Å². The molecule has 0 spiro atoms. The molecule has 0 saturated heterocycles. The zero-order chi connectivity index (χ0) is 19.4. The van der Waals surface area contributed by atoms with E-state index in [0.29, 0.717) is 29.2 Å². The summed E-state index contributed by atoms with van der Waals surface area (Å²) in [5, 5.41) is 2.60. The van der Waals surface area contributed by atoms with Crippen LogP contribution in [0, 0.1) is 0 Å². The van der Waals surface area contributed by atoms with Gasteiger partial charge < -0.3 is 19.7 Å². The third-order valence-electron chi connectivity index (χ3n) is 4.64. The van der Waals surface area contributed by atoms with Crippen LogP contribution in [0.2, 0.25) is 0 Å². The van der Waals surface area contributed by atoms with Crippen LogP contribution in [0.25, 0.3) is 0 Å². The first-order valence-corrected chi connectivity index (χ1v) is 8.90. The molecule has 2 aromatic rings. The second kappa shape index (κ2) is 8.12. The van der Waals surface area contributed by atoms with E-state index in [0.717, 1.165) is 18.4 Å². The fourth-order valence-corrected chi connectivity index (χ4v) is 2.95. The van der Waals surface area contributed by atoms with Gasteiger partial charge in [-0.2, -0.15) is 0 Å². The average Bonchev–Trinajstić information content (AvgIpc) is 3.56. The maximum atomic E-state index is 13.1. The quantitative estimate of drug-likeness (QED) is 0.816. The van der Waals surface area contributed by atoms with Crippen LogP contribution in [0.4, 0.5) is 0 Å². The number of hydrogen-bond donors (Lipinski definition) is 1. The van der Waals surface area contributed by atoms with E-state index in [2.05, 4.69) is 5.32 Å². The number of rotatable bonds is 7. The molecule has 0 atom stereocenters. The number of benzene rings is 2. The molecule has 0 aliphatic heterocycles. The minimum atomic E-state index is -0.125. The summed E-state index contributed by atoms with van der Waals surface area (Å²) in [7, 11) is 4.73. The lowest BCUT2D eigenvalue weighted by molar-refractivity contribution is 0.0728. The third kappa shape index (κ3) is 4.39. The van der Waals surface area contributed by atoms with Crippen molar-refractivity contribution in [3.8, 4) is 11.5 Å². The molecule has 1 aliphatic rings. The van der Waals surface area contributed by atoms with Crippen LogP contribution >= 0.6 is 0 Å². The number of carbonyl (C=O) groups excluding carboxylic acids is 2. The lowest BCUT2D eigenvalue weighted by Gasteiger charge is -2.23. The van der Waals surface area contributed by atoms with E-state index in [1.165, 1.54) is 0 Å². The second-order valence-corrected chi connectivity index (χ2v) is 6.54. The van der Waals surface area contributed by atoms with Crippen LogP contribution in [-0.4, -0.2) is 44.0 Å². The Balaban J connectivity index is 1.81. The van der Waals surface area contributed by atoms with Crippen LogP contribution < -0.4 is 14.8 Å². The molecule has 0 unspecified atom stereocenters. The Bertz CT molecular complexity index is 806. The molecule has 27 heavy (non-hydrogen) atoms. The molecular formula is C21H24N2O4. The first kappa shape index (κ1) is 18.8. The zero-order valence-corrected chi connectivity index (χ0v) is 15.8. The predicted octanol–water partition coefficient (Wildman–Crippen LogP) is 2.87. The van der Waals surface area contributed by atoms with Gasteiger partial charge in [-0.15, -0.1) is 0 Å². The number of nitrogens with zero attached hydrogens (tertiary/aromatic N) is 1. The number of carbonyl (C=O) groups is 2. The first-order valence-electron chi connectivity index (χ1n) is 8.90. The van der Waals surface area contributed by atoms with Gasteiger partial charge in [0.25, 0.3) is 11.8 Å². The van der Waals surface area contributed by atoms with Gasteiger partial charge >= 0.3 is 0 Å². The van der Waals surface area contributed by atoms with Crippen molar-refractivity contribution in [1.29, 1.82) is 0 Å².